The molecule has 4 saturated heterocycles. The Balaban J connectivity index is 0.999. The number of nitrogens with zero attached hydrogens (tertiary/aromatic N) is 4. The van der Waals surface area contributed by atoms with Crippen LogP contribution in [0.3, 0.4) is 0 Å². The molecule has 1 aromatic carbocycles. The van der Waals surface area contributed by atoms with E-state index in [1.165, 1.54) is 24.3 Å². The van der Waals surface area contributed by atoms with Gasteiger partial charge in [-0.05, 0) is 67.3 Å². The number of aromatic nitrogens is 1. The van der Waals surface area contributed by atoms with E-state index in [9.17, 15) is 33.1 Å². The Morgan fingerprint density at radius 2 is 1.92 bits per heavy atom. The number of halogens is 1. The van der Waals surface area contributed by atoms with Gasteiger partial charge in [0.25, 0.3) is 5.91 Å². The molecule has 4 fully saturated rings. The summed E-state index contributed by atoms with van der Waals surface area (Å²) in [5.41, 5.74) is 2.12. The number of pyridine rings is 1. The zero-order valence-electron chi connectivity index (χ0n) is 26.5. The molecule has 256 valence electrons. The number of carbonyl (C=O) groups excluding carboxylic acids is 3. The molecule has 3 aromatic rings. The SMILES string of the molecule is COCC1CN(c2ccncc2C2CN(C(=O)[C@@H]3CC[C@@H]4CCC[C@H](NC(=O)c5cc6cc([C@@H](F)P(=O)(O)O)ccc6s5)C(=O)N43)C2)C1. The number of anilines is 1. The van der Waals surface area contributed by atoms with Crippen molar-refractivity contribution in [2.75, 3.05) is 44.8 Å². The fourth-order valence-corrected chi connectivity index (χ4v) is 9.15. The summed E-state index contributed by atoms with van der Waals surface area (Å²) in [4.78, 5) is 70.1. The molecule has 4 aliphatic rings. The van der Waals surface area contributed by atoms with Gasteiger partial charge < -0.3 is 34.5 Å². The molecule has 0 aliphatic carbocycles. The van der Waals surface area contributed by atoms with E-state index < -0.39 is 31.5 Å². The average Bonchev–Trinajstić information content (AvgIpc) is 3.61. The fraction of sp³-hybridized carbons (Fsp3) is 0.515. The molecule has 6 heterocycles. The molecule has 12 nitrogen and oxygen atoms in total. The summed E-state index contributed by atoms with van der Waals surface area (Å²) < 4.78 is 31.6. The standard InChI is InChI=1S/C33H39FN5O7PS/c1-46-18-19-14-37(15-19)26-9-10-35-13-24(26)22-16-38(17-22)33(42)27-7-6-23-3-2-4-25(32(41)39(23)27)36-31(40)29-12-21-11-20(5-8-28(21)48-29)30(34)47(43,44)45/h5,8-13,19,22-23,25,27,30H,2-4,6-7,14-18H2,1H3,(H,36,40)(H2,43,44,45)/t23-,25-,27-,30-/m0/s1. The summed E-state index contributed by atoms with van der Waals surface area (Å²) in [6.45, 7) is 3.74. The molecule has 0 unspecified atom stereocenters. The zero-order valence-corrected chi connectivity index (χ0v) is 28.2. The highest BCUT2D eigenvalue weighted by Crippen LogP contribution is 2.53. The van der Waals surface area contributed by atoms with Crippen molar-refractivity contribution in [1.29, 1.82) is 0 Å². The maximum absolute atomic E-state index is 14.3. The average molecular weight is 700 g/mol. The smallest absolute Gasteiger partial charge is 0.363 e. The molecule has 4 atom stereocenters. The molecule has 0 bridgehead atoms. The van der Waals surface area contributed by atoms with Gasteiger partial charge in [0.2, 0.25) is 17.7 Å². The number of methoxy groups -OCH3 is 1. The minimum absolute atomic E-state index is 0.0489. The van der Waals surface area contributed by atoms with Crippen LogP contribution in [0, 0.1) is 5.92 Å². The lowest BCUT2D eigenvalue weighted by Gasteiger charge is -2.46. The van der Waals surface area contributed by atoms with Gasteiger partial charge in [0.15, 0.2) is 0 Å². The van der Waals surface area contributed by atoms with Crippen LogP contribution in [-0.4, -0.2) is 100 Å². The Kier molecular flexibility index (Phi) is 9.05. The fourth-order valence-electron chi connectivity index (χ4n) is 7.66. The molecule has 0 spiro atoms. The van der Waals surface area contributed by atoms with Crippen molar-refractivity contribution in [2.45, 2.75) is 62.1 Å². The van der Waals surface area contributed by atoms with E-state index in [1.807, 2.05) is 17.2 Å². The molecule has 48 heavy (non-hydrogen) atoms. The number of hydrogen-bond acceptors (Lipinski definition) is 8. The van der Waals surface area contributed by atoms with Gasteiger partial charge >= 0.3 is 7.60 Å². The lowest BCUT2D eigenvalue weighted by atomic mass is 9.88. The van der Waals surface area contributed by atoms with E-state index in [4.69, 9.17) is 4.74 Å². The quantitative estimate of drug-likeness (QED) is 0.283. The summed E-state index contributed by atoms with van der Waals surface area (Å²) >= 11 is 1.15. The van der Waals surface area contributed by atoms with Crippen molar-refractivity contribution < 1.29 is 37.9 Å². The van der Waals surface area contributed by atoms with E-state index in [0.717, 1.165) is 61.5 Å². The topological polar surface area (TPSA) is 153 Å². The minimum atomic E-state index is -4.98. The van der Waals surface area contributed by atoms with Gasteiger partial charge in [-0.15, -0.1) is 11.3 Å². The van der Waals surface area contributed by atoms with Crippen molar-refractivity contribution in [2.24, 2.45) is 5.92 Å². The van der Waals surface area contributed by atoms with E-state index in [-0.39, 0.29) is 29.3 Å². The Labute approximate surface area is 281 Å². The van der Waals surface area contributed by atoms with Crippen molar-refractivity contribution in [1.82, 2.24) is 20.1 Å². The van der Waals surface area contributed by atoms with Crippen LogP contribution in [0.15, 0.2) is 42.7 Å². The van der Waals surface area contributed by atoms with Crippen LogP contribution in [0.2, 0.25) is 0 Å². The second kappa shape index (κ2) is 13.1. The maximum Gasteiger partial charge on any atom is 0.363 e. The number of carbonyl (C=O) groups is 3. The Hall–Kier alpha value is -3.42. The van der Waals surface area contributed by atoms with Crippen LogP contribution in [0.1, 0.15) is 64.7 Å². The predicted octanol–water partition coefficient (Wildman–Crippen LogP) is 3.79. The Morgan fingerprint density at radius 1 is 1.12 bits per heavy atom. The molecule has 7 rings (SSSR count). The number of likely N-dealkylation sites (tertiary alicyclic amines) is 1. The highest BCUT2D eigenvalue weighted by atomic mass is 32.1. The number of ether oxygens (including phenoxy) is 1. The van der Waals surface area contributed by atoms with Crippen LogP contribution >= 0.6 is 18.9 Å². The summed E-state index contributed by atoms with van der Waals surface area (Å²) in [5.74, 6) is -2.53. The van der Waals surface area contributed by atoms with Crippen molar-refractivity contribution in [3.05, 3.63) is 58.7 Å². The molecule has 2 aromatic heterocycles. The van der Waals surface area contributed by atoms with Gasteiger partial charge in [-0.3, -0.25) is 23.9 Å². The van der Waals surface area contributed by atoms with Gasteiger partial charge in [-0.1, -0.05) is 6.07 Å². The van der Waals surface area contributed by atoms with Crippen molar-refractivity contribution in [3.63, 3.8) is 0 Å². The van der Waals surface area contributed by atoms with Crippen LogP contribution in [0.4, 0.5) is 10.1 Å². The van der Waals surface area contributed by atoms with Crippen LogP contribution in [-0.2, 0) is 18.9 Å². The van der Waals surface area contributed by atoms with E-state index >= 15 is 0 Å². The lowest BCUT2D eigenvalue weighted by Crippen LogP contribution is -2.58. The van der Waals surface area contributed by atoms with Gasteiger partial charge in [-0.2, -0.15) is 0 Å². The highest BCUT2D eigenvalue weighted by Gasteiger charge is 2.48. The summed E-state index contributed by atoms with van der Waals surface area (Å²) in [7, 11) is -3.26. The number of thiophene rings is 1. The number of amides is 3. The summed E-state index contributed by atoms with van der Waals surface area (Å²) in [5, 5.41) is 3.36. The van der Waals surface area contributed by atoms with Gasteiger partial charge in [0, 0.05) is 79.5 Å². The molecule has 0 saturated carbocycles. The van der Waals surface area contributed by atoms with E-state index in [1.54, 1.807) is 18.2 Å². The third-order valence-corrected chi connectivity index (χ3v) is 12.2. The number of fused-ring (bicyclic) bond motifs is 2. The summed E-state index contributed by atoms with van der Waals surface area (Å²) in [6, 6.07) is 6.31. The van der Waals surface area contributed by atoms with Gasteiger partial charge in [0.1, 0.15) is 12.1 Å². The normalized spacial score (nSPS) is 24.2. The zero-order chi connectivity index (χ0) is 33.7. The minimum Gasteiger partial charge on any atom is -0.384 e. The first-order chi connectivity index (χ1) is 23.0. The van der Waals surface area contributed by atoms with Crippen LogP contribution < -0.4 is 10.2 Å². The Morgan fingerprint density at radius 3 is 2.67 bits per heavy atom. The first-order valence-corrected chi connectivity index (χ1v) is 18.8. The predicted molar refractivity (Wildman–Crippen MR) is 178 cm³/mol. The number of hydrogen-bond donors (Lipinski definition) is 3. The van der Waals surface area contributed by atoms with Crippen LogP contribution in [0.5, 0.6) is 0 Å². The van der Waals surface area contributed by atoms with Crippen LogP contribution in [0.25, 0.3) is 10.1 Å². The first kappa shape index (κ1) is 33.1. The number of rotatable bonds is 9. The monoisotopic (exact) mass is 699 g/mol. The lowest BCUT2D eigenvalue weighted by molar-refractivity contribution is -0.148. The van der Waals surface area contributed by atoms with Gasteiger partial charge in [0.05, 0.1) is 11.5 Å². The van der Waals surface area contributed by atoms with Gasteiger partial charge in [-0.25, -0.2) is 4.39 Å². The third-order valence-electron chi connectivity index (χ3n) is 10.2. The number of nitrogens with one attached hydrogen (secondary N) is 1. The second-order valence-corrected chi connectivity index (χ2v) is 16.1. The largest absolute Gasteiger partial charge is 0.384 e. The molecular formula is C33H39FN5O7PS. The molecule has 3 amide bonds. The molecule has 0 radical (unpaired) electrons. The van der Waals surface area contributed by atoms with E-state index in [2.05, 4.69) is 15.2 Å². The highest BCUT2D eigenvalue weighted by molar-refractivity contribution is 7.51. The summed E-state index contributed by atoms with van der Waals surface area (Å²) in [6.07, 6.45) is 6.98. The van der Waals surface area contributed by atoms with Crippen molar-refractivity contribution in [3.8, 4) is 0 Å². The molecule has 15 heteroatoms. The Bertz CT molecular complexity index is 1770. The third kappa shape index (κ3) is 6.24. The number of benzene rings is 1. The van der Waals surface area contributed by atoms with E-state index in [0.29, 0.717) is 46.8 Å². The maximum atomic E-state index is 14.3. The number of alkyl halides is 1. The molecule has 4 aliphatic heterocycles. The van der Waals surface area contributed by atoms with Crippen molar-refractivity contribution >= 4 is 52.4 Å². The molecular weight excluding hydrogens is 660 g/mol. The first-order valence-electron chi connectivity index (χ1n) is 16.3. The molecule has 3 N–H and O–H groups in total. The second-order valence-electron chi connectivity index (χ2n) is 13.4.